The van der Waals surface area contributed by atoms with Crippen molar-refractivity contribution in [1.82, 2.24) is 20.1 Å². The SMILES string of the molecule is COc1ccc(C(=O)N2CCC(CN3CC(C(=O)NC4CC4)CC3=O)CC2)cn1. The normalized spacial score (nSPS) is 22.7. The van der Waals surface area contributed by atoms with Crippen molar-refractivity contribution >= 4 is 17.7 Å². The van der Waals surface area contributed by atoms with Crippen LogP contribution in [-0.2, 0) is 9.59 Å². The summed E-state index contributed by atoms with van der Waals surface area (Å²) in [6.07, 6.45) is 5.69. The monoisotopic (exact) mass is 400 g/mol. The summed E-state index contributed by atoms with van der Waals surface area (Å²) in [5, 5.41) is 3.01. The molecule has 156 valence electrons. The van der Waals surface area contributed by atoms with Crippen LogP contribution in [0.15, 0.2) is 18.3 Å². The highest BCUT2D eigenvalue weighted by Crippen LogP contribution is 2.26. The highest BCUT2D eigenvalue weighted by atomic mass is 16.5. The molecule has 3 aliphatic rings. The topological polar surface area (TPSA) is 91.8 Å². The molecule has 3 amide bonds. The summed E-state index contributed by atoms with van der Waals surface area (Å²) in [6.45, 7) is 2.54. The third-order valence-electron chi connectivity index (χ3n) is 6.08. The van der Waals surface area contributed by atoms with E-state index in [0.29, 0.717) is 56.0 Å². The van der Waals surface area contributed by atoms with Gasteiger partial charge in [0.15, 0.2) is 0 Å². The molecular formula is C21H28N4O4. The van der Waals surface area contributed by atoms with Gasteiger partial charge in [-0.15, -0.1) is 0 Å². The number of carbonyl (C=O) groups is 3. The van der Waals surface area contributed by atoms with Crippen LogP contribution in [0.5, 0.6) is 5.88 Å². The van der Waals surface area contributed by atoms with Gasteiger partial charge in [0.2, 0.25) is 17.7 Å². The standard InChI is InChI=1S/C21H28N4O4/c1-29-18-5-2-15(11-22-18)21(28)24-8-6-14(7-9-24)12-25-13-16(10-19(25)26)20(27)23-17-3-4-17/h2,5,11,14,16-17H,3-4,6-10,12-13H2,1H3,(H,23,27). The zero-order valence-corrected chi connectivity index (χ0v) is 16.8. The van der Waals surface area contributed by atoms with E-state index >= 15 is 0 Å². The third kappa shape index (κ3) is 4.68. The van der Waals surface area contributed by atoms with E-state index in [1.807, 2.05) is 9.80 Å². The van der Waals surface area contributed by atoms with Crippen LogP contribution >= 0.6 is 0 Å². The zero-order chi connectivity index (χ0) is 20.4. The lowest BCUT2D eigenvalue weighted by Crippen LogP contribution is -2.42. The van der Waals surface area contributed by atoms with Crippen LogP contribution in [0, 0.1) is 11.8 Å². The first kappa shape index (κ1) is 19.7. The molecule has 2 saturated heterocycles. The highest BCUT2D eigenvalue weighted by Gasteiger charge is 2.37. The van der Waals surface area contributed by atoms with E-state index in [9.17, 15) is 14.4 Å². The lowest BCUT2D eigenvalue weighted by molar-refractivity contribution is -0.129. The minimum absolute atomic E-state index is 0.0207. The molecule has 8 nitrogen and oxygen atoms in total. The highest BCUT2D eigenvalue weighted by molar-refractivity contribution is 5.94. The molecule has 0 spiro atoms. The summed E-state index contributed by atoms with van der Waals surface area (Å²) in [5.41, 5.74) is 0.559. The summed E-state index contributed by atoms with van der Waals surface area (Å²) >= 11 is 0. The second kappa shape index (κ2) is 8.39. The van der Waals surface area contributed by atoms with Gasteiger partial charge in [-0.1, -0.05) is 0 Å². The number of rotatable bonds is 6. The van der Waals surface area contributed by atoms with Crippen molar-refractivity contribution in [1.29, 1.82) is 0 Å². The van der Waals surface area contributed by atoms with Gasteiger partial charge < -0.3 is 19.9 Å². The predicted octanol–water partition coefficient (Wildman–Crippen LogP) is 1.07. The Morgan fingerprint density at radius 1 is 1.21 bits per heavy atom. The summed E-state index contributed by atoms with van der Waals surface area (Å²) < 4.78 is 5.03. The quantitative estimate of drug-likeness (QED) is 0.771. The van der Waals surface area contributed by atoms with Gasteiger partial charge in [0.1, 0.15) is 0 Å². The van der Waals surface area contributed by atoms with Gasteiger partial charge in [-0.2, -0.15) is 0 Å². The molecule has 1 aromatic heterocycles. The number of carbonyl (C=O) groups excluding carboxylic acids is 3. The van der Waals surface area contributed by atoms with Gasteiger partial charge in [0.05, 0.1) is 18.6 Å². The maximum absolute atomic E-state index is 12.6. The zero-order valence-electron chi connectivity index (χ0n) is 16.8. The molecule has 3 fully saturated rings. The lowest BCUT2D eigenvalue weighted by atomic mass is 9.95. The number of aromatic nitrogens is 1. The van der Waals surface area contributed by atoms with Crippen LogP contribution in [0.4, 0.5) is 0 Å². The summed E-state index contributed by atoms with van der Waals surface area (Å²) in [6, 6.07) is 3.75. The van der Waals surface area contributed by atoms with Crippen molar-refractivity contribution in [2.45, 2.75) is 38.1 Å². The first-order valence-electron chi connectivity index (χ1n) is 10.4. The smallest absolute Gasteiger partial charge is 0.255 e. The fourth-order valence-corrected chi connectivity index (χ4v) is 4.11. The van der Waals surface area contributed by atoms with Crippen molar-refractivity contribution in [3.8, 4) is 5.88 Å². The second-order valence-electron chi connectivity index (χ2n) is 8.31. The molecule has 1 aliphatic carbocycles. The largest absolute Gasteiger partial charge is 0.481 e. The van der Waals surface area contributed by atoms with E-state index in [4.69, 9.17) is 4.74 Å². The molecular weight excluding hydrogens is 372 g/mol. The van der Waals surface area contributed by atoms with Crippen LogP contribution in [0.2, 0.25) is 0 Å². The molecule has 2 aliphatic heterocycles. The van der Waals surface area contributed by atoms with Crippen molar-refractivity contribution in [2.75, 3.05) is 33.3 Å². The molecule has 1 saturated carbocycles. The Kier molecular flexibility index (Phi) is 5.69. The van der Waals surface area contributed by atoms with Crippen molar-refractivity contribution in [3.05, 3.63) is 23.9 Å². The van der Waals surface area contributed by atoms with E-state index in [1.165, 1.54) is 0 Å². The first-order chi connectivity index (χ1) is 14.0. The van der Waals surface area contributed by atoms with E-state index < -0.39 is 0 Å². The number of nitrogens with zero attached hydrogens (tertiary/aromatic N) is 3. The molecule has 1 aromatic rings. The average Bonchev–Trinajstić information content (AvgIpc) is 3.49. The first-order valence-corrected chi connectivity index (χ1v) is 10.4. The number of ether oxygens (including phenoxy) is 1. The molecule has 0 bridgehead atoms. The maximum Gasteiger partial charge on any atom is 0.255 e. The number of amides is 3. The molecule has 1 unspecified atom stereocenters. The van der Waals surface area contributed by atoms with Gasteiger partial charge in [-0.25, -0.2) is 4.98 Å². The number of methoxy groups -OCH3 is 1. The van der Waals surface area contributed by atoms with E-state index in [2.05, 4.69) is 10.3 Å². The Bertz CT molecular complexity index is 769. The Hall–Kier alpha value is -2.64. The predicted molar refractivity (Wildman–Crippen MR) is 105 cm³/mol. The number of likely N-dealkylation sites (tertiary alicyclic amines) is 2. The number of pyridine rings is 1. The molecule has 3 heterocycles. The Labute approximate surface area is 170 Å². The number of hydrogen-bond donors (Lipinski definition) is 1. The molecule has 1 atom stereocenters. The molecule has 4 rings (SSSR count). The average molecular weight is 400 g/mol. The fraction of sp³-hybridized carbons (Fsp3) is 0.619. The van der Waals surface area contributed by atoms with Crippen molar-refractivity contribution in [2.24, 2.45) is 11.8 Å². The molecule has 8 heteroatoms. The Morgan fingerprint density at radius 2 is 1.97 bits per heavy atom. The minimum atomic E-state index is -0.215. The van der Waals surface area contributed by atoms with Gasteiger partial charge in [-0.3, -0.25) is 14.4 Å². The summed E-state index contributed by atoms with van der Waals surface area (Å²) in [5.74, 6) is 0.711. The molecule has 29 heavy (non-hydrogen) atoms. The summed E-state index contributed by atoms with van der Waals surface area (Å²) in [4.78, 5) is 45.0. The molecule has 0 aromatic carbocycles. The van der Waals surface area contributed by atoms with E-state index in [-0.39, 0.29) is 23.6 Å². The second-order valence-corrected chi connectivity index (χ2v) is 8.31. The van der Waals surface area contributed by atoms with Gasteiger partial charge >= 0.3 is 0 Å². The Balaban J connectivity index is 1.24. The van der Waals surface area contributed by atoms with Crippen LogP contribution < -0.4 is 10.1 Å². The van der Waals surface area contributed by atoms with Crippen molar-refractivity contribution < 1.29 is 19.1 Å². The minimum Gasteiger partial charge on any atom is -0.481 e. The van der Waals surface area contributed by atoms with Crippen LogP contribution in [0.1, 0.15) is 42.5 Å². The third-order valence-corrected chi connectivity index (χ3v) is 6.08. The van der Waals surface area contributed by atoms with Crippen LogP contribution in [0.25, 0.3) is 0 Å². The van der Waals surface area contributed by atoms with E-state index in [1.54, 1.807) is 25.4 Å². The Morgan fingerprint density at radius 3 is 2.59 bits per heavy atom. The van der Waals surface area contributed by atoms with Crippen molar-refractivity contribution in [3.63, 3.8) is 0 Å². The lowest BCUT2D eigenvalue weighted by Gasteiger charge is -2.34. The number of nitrogens with one attached hydrogen (secondary N) is 1. The van der Waals surface area contributed by atoms with Gasteiger partial charge in [-0.05, 0) is 37.7 Å². The number of piperidine rings is 1. The number of hydrogen-bond acceptors (Lipinski definition) is 5. The van der Waals surface area contributed by atoms with Gasteiger partial charge in [0.25, 0.3) is 5.91 Å². The van der Waals surface area contributed by atoms with Gasteiger partial charge in [0, 0.05) is 50.9 Å². The summed E-state index contributed by atoms with van der Waals surface area (Å²) in [7, 11) is 1.54. The molecule has 1 N–H and O–H groups in total. The van der Waals surface area contributed by atoms with Crippen LogP contribution in [-0.4, -0.2) is 71.8 Å². The van der Waals surface area contributed by atoms with Crippen LogP contribution in [0.3, 0.4) is 0 Å². The van der Waals surface area contributed by atoms with E-state index in [0.717, 1.165) is 25.7 Å². The molecule has 0 radical (unpaired) electrons. The fourth-order valence-electron chi connectivity index (χ4n) is 4.11. The maximum atomic E-state index is 12.6.